The Hall–Kier alpha value is -0.360. The van der Waals surface area contributed by atoms with E-state index in [1.54, 1.807) is 4.45 Å². The molecule has 0 saturated heterocycles. The summed E-state index contributed by atoms with van der Waals surface area (Å²) < 4.78 is 1.75. The van der Waals surface area contributed by atoms with E-state index in [0.717, 1.165) is 0 Å². The fourth-order valence-corrected chi connectivity index (χ4v) is 0.953. The van der Waals surface area contributed by atoms with Gasteiger partial charge >= 0.3 is 0 Å². The zero-order chi connectivity index (χ0) is 7.78. The standard InChI is InChI=1S/C7H13N2P/c1-7(2,3)6-4-8-9(10)5-6/h4-5H,10H2,1-3H3. The second-order valence-corrected chi connectivity index (χ2v) is 3.99. The predicted octanol–water partition coefficient (Wildman–Crippen LogP) is 1.82. The van der Waals surface area contributed by atoms with Gasteiger partial charge in [-0.05, 0) is 20.4 Å². The Labute approximate surface area is 63.9 Å². The third kappa shape index (κ3) is 1.57. The highest BCUT2D eigenvalue weighted by atomic mass is 31.0. The summed E-state index contributed by atoms with van der Waals surface area (Å²) in [5, 5.41) is 4.06. The molecule has 1 unspecified atom stereocenters. The fourth-order valence-electron chi connectivity index (χ4n) is 0.725. The van der Waals surface area contributed by atoms with Gasteiger partial charge in [0.1, 0.15) is 0 Å². The molecule has 0 saturated carbocycles. The summed E-state index contributed by atoms with van der Waals surface area (Å²) in [4.78, 5) is 0. The van der Waals surface area contributed by atoms with Gasteiger partial charge in [0.2, 0.25) is 0 Å². The Bertz CT molecular complexity index is 222. The van der Waals surface area contributed by atoms with Crippen molar-refractivity contribution in [2.75, 3.05) is 0 Å². The number of hydrogen-bond donors (Lipinski definition) is 0. The van der Waals surface area contributed by atoms with Crippen molar-refractivity contribution in [2.45, 2.75) is 26.2 Å². The quantitative estimate of drug-likeness (QED) is 0.524. The largest absolute Gasteiger partial charge is 0.258 e. The van der Waals surface area contributed by atoms with E-state index in [-0.39, 0.29) is 5.41 Å². The molecule has 3 heteroatoms. The van der Waals surface area contributed by atoms with E-state index in [1.807, 2.05) is 12.4 Å². The van der Waals surface area contributed by atoms with Crippen molar-refractivity contribution < 1.29 is 0 Å². The number of rotatable bonds is 0. The van der Waals surface area contributed by atoms with Crippen LogP contribution in [-0.4, -0.2) is 9.55 Å². The Morgan fingerprint density at radius 3 is 2.30 bits per heavy atom. The molecular weight excluding hydrogens is 143 g/mol. The molecule has 0 amide bonds. The van der Waals surface area contributed by atoms with Crippen LogP contribution in [0, 0.1) is 0 Å². The summed E-state index contributed by atoms with van der Waals surface area (Å²) in [7, 11) is 2.51. The molecule has 0 spiro atoms. The maximum absolute atomic E-state index is 4.06. The first-order valence-electron chi connectivity index (χ1n) is 3.30. The van der Waals surface area contributed by atoms with Gasteiger partial charge in [0.15, 0.2) is 0 Å². The van der Waals surface area contributed by atoms with Crippen molar-refractivity contribution in [2.24, 2.45) is 0 Å². The van der Waals surface area contributed by atoms with Gasteiger partial charge in [-0.3, -0.25) is 4.45 Å². The Kier molecular flexibility index (Phi) is 1.82. The van der Waals surface area contributed by atoms with Gasteiger partial charge in [-0.25, -0.2) is 0 Å². The molecule has 0 aliphatic rings. The number of nitrogens with zero attached hydrogens (tertiary/aromatic N) is 2. The van der Waals surface area contributed by atoms with E-state index < -0.39 is 0 Å². The fraction of sp³-hybridized carbons (Fsp3) is 0.571. The molecular formula is C7H13N2P. The van der Waals surface area contributed by atoms with E-state index in [2.05, 4.69) is 35.3 Å². The lowest BCUT2D eigenvalue weighted by atomic mass is 9.90. The smallest absolute Gasteiger partial charge is 0.0530 e. The van der Waals surface area contributed by atoms with Gasteiger partial charge in [-0.2, -0.15) is 5.10 Å². The van der Waals surface area contributed by atoms with Crippen LogP contribution in [0.2, 0.25) is 0 Å². The van der Waals surface area contributed by atoms with E-state index in [1.165, 1.54) is 5.56 Å². The van der Waals surface area contributed by atoms with E-state index in [9.17, 15) is 0 Å². The van der Waals surface area contributed by atoms with E-state index in [4.69, 9.17) is 0 Å². The van der Waals surface area contributed by atoms with Crippen LogP contribution in [0.3, 0.4) is 0 Å². The maximum Gasteiger partial charge on any atom is 0.0530 e. The van der Waals surface area contributed by atoms with Crippen LogP contribution < -0.4 is 0 Å². The Morgan fingerprint density at radius 1 is 1.50 bits per heavy atom. The average molecular weight is 156 g/mol. The molecule has 0 aliphatic heterocycles. The normalized spacial score (nSPS) is 12.0. The predicted molar refractivity (Wildman–Crippen MR) is 46.0 cm³/mol. The molecule has 56 valence electrons. The lowest BCUT2D eigenvalue weighted by molar-refractivity contribution is 0.590. The van der Waals surface area contributed by atoms with Crippen molar-refractivity contribution >= 4 is 9.39 Å². The molecule has 0 fully saturated rings. The summed E-state index contributed by atoms with van der Waals surface area (Å²) in [5.41, 5.74) is 1.48. The van der Waals surface area contributed by atoms with Gasteiger partial charge in [0.05, 0.1) is 6.20 Å². The van der Waals surface area contributed by atoms with Crippen LogP contribution in [0.25, 0.3) is 0 Å². The minimum atomic E-state index is 0.217. The van der Waals surface area contributed by atoms with Crippen LogP contribution in [0.5, 0.6) is 0 Å². The first-order valence-corrected chi connectivity index (χ1v) is 3.82. The number of hydrogen-bond acceptors (Lipinski definition) is 1. The molecule has 1 rings (SSSR count). The third-order valence-electron chi connectivity index (χ3n) is 1.47. The van der Waals surface area contributed by atoms with E-state index in [0.29, 0.717) is 0 Å². The second kappa shape index (κ2) is 2.35. The molecule has 10 heavy (non-hydrogen) atoms. The summed E-state index contributed by atoms with van der Waals surface area (Å²) in [6, 6.07) is 0. The molecule has 1 aromatic rings. The first-order chi connectivity index (χ1) is 4.50. The van der Waals surface area contributed by atoms with Gasteiger partial charge in [0.25, 0.3) is 0 Å². The lowest BCUT2D eigenvalue weighted by Gasteiger charge is -2.14. The van der Waals surface area contributed by atoms with Crippen LogP contribution >= 0.6 is 9.39 Å². The first kappa shape index (κ1) is 7.74. The Morgan fingerprint density at radius 2 is 2.10 bits per heavy atom. The van der Waals surface area contributed by atoms with Gasteiger partial charge in [0, 0.05) is 6.20 Å². The molecule has 1 aromatic heterocycles. The second-order valence-electron chi connectivity index (χ2n) is 3.46. The minimum absolute atomic E-state index is 0.217. The van der Waals surface area contributed by atoms with Crippen molar-refractivity contribution in [1.82, 2.24) is 9.55 Å². The molecule has 0 aromatic carbocycles. The van der Waals surface area contributed by atoms with Crippen LogP contribution in [-0.2, 0) is 5.41 Å². The van der Waals surface area contributed by atoms with Crippen molar-refractivity contribution in [3.05, 3.63) is 18.0 Å². The van der Waals surface area contributed by atoms with Crippen molar-refractivity contribution in [3.63, 3.8) is 0 Å². The van der Waals surface area contributed by atoms with Gasteiger partial charge < -0.3 is 0 Å². The molecule has 1 heterocycles. The van der Waals surface area contributed by atoms with Crippen molar-refractivity contribution in [1.29, 1.82) is 0 Å². The van der Waals surface area contributed by atoms with E-state index >= 15 is 0 Å². The molecule has 0 aliphatic carbocycles. The topological polar surface area (TPSA) is 17.8 Å². The third-order valence-corrected chi connectivity index (χ3v) is 1.75. The van der Waals surface area contributed by atoms with Crippen molar-refractivity contribution in [3.8, 4) is 0 Å². The zero-order valence-electron chi connectivity index (χ0n) is 6.63. The molecule has 0 bridgehead atoms. The molecule has 0 radical (unpaired) electrons. The van der Waals surface area contributed by atoms with Crippen LogP contribution in [0.1, 0.15) is 26.3 Å². The van der Waals surface area contributed by atoms with Gasteiger partial charge in [-0.1, -0.05) is 20.8 Å². The lowest BCUT2D eigenvalue weighted by Crippen LogP contribution is -2.09. The SMILES string of the molecule is CC(C)(C)c1cnn(P)c1. The van der Waals surface area contributed by atoms with Crippen LogP contribution in [0.15, 0.2) is 12.4 Å². The minimum Gasteiger partial charge on any atom is -0.258 e. The molecule has 2 nitrogen and oxygen atoms in total. The number of aromatic nitrogens is 2. The summed E-state index contributed by atoms with van der Waals surface area (Å²) in [6.07, 6.45) is 3.91. The Balaban J connectivity index is 2.96. The van der Waals surface area contributed by atoms with Gasteiger partial charge in [-0.15, -0.1) is 0 Å². The summed E-state index contributed by atoms with van der Waals surface area (Å²) >= 11 is 0. The highest BCUT2D eigenvalue weighted by molar-refractivity contribution is 7.14. The summed E-state index contributed by atoms with van der Waals surface area (Å²) in [6.45, 7) is 6.53. The monoisotopic (exact) mass is 156 g/mol. The summed E-state index contributed by atoms with van der Waals surface area (Å²) in [5.74, 6) is 0. The van der Waals surface area contributed by atoms with Crippen LogP contribution in [0.4, 0.5) is 0 Å². The highest BCUT2D eigenvalue weighted by Crippen LogP contribution is 2.21. The molecule has 1 atom stereocenters. The molecule has 0 N–H and O–H groups in total. The average Bonchev–Trinajstić information content (AvgIpc) is 2.11. The maximum atomic E-state index is 4.06. The zero-order valence-corrected chi connectivity index (χ0v) is 7.78. The highest BCUT2D eigenvalue weighted by Gasteiger charge is 2.14.